The minimum absolute atomic E-state index is 0.0313. The van der Waals surface area contributed by atoms with Crippen molar-refractivity contribution in [2.45, 2.75) is 151 Å². The van der Waals surface area contributed by atoms with Crippen LogP contribution in [0.1, 0.15) is 144 Å². The molecule has 6 rings (SSSR count). The molecule has 5 aliphatic carbocycles. The fraction of sp³-hybridized carbons (Fsp3) is 0.821. The number of allylic oxidation sites excluding steroid dienone is 2. The second kappa shape index (κ2) is 11.8. The van der Waals surface area contributed by atoms with Gasteiger partial charge in [0.05, 0.1) is 11.6 Å². The third-order valence-electron chi connectivity index (χ3n) is 15.0. The SMILES string of the molecule is CCCCC(=O)OC1CC[C@@]2(C)C(CC[C@]3(C)C2CC=C2C4CC(C)(C)CCC4(C(=O)Nc4ncc(C(F)(F)F)s4)CC[C@]23C)C1(C)C. The van der Waals surface area contributed by atoms with Crippen LogP contribution in [0.15, 0.2) is 17.8 Å². The fourth-order valence-corrected chi connectivity index (χ4v) is 12.7. The average Bonchev–Trinajstić information content (AvgIpc) is 3.47. The van der Waals surface area contributed by atoms with E-state index in [2.05, 4.69) is 71.8 Å². The molecule has 0 saturated heterocycles. The first-order valence-electron chi connectivity index (χ1n) is 18.5. The van der Waals surface area contributed by atoms with Gasteiger partial charge in [-0.05, 0) is 110 Å². The summed E-state index contributed by atoms with van der Waals surface area (Å²) in [6, 6.07) is 0. The Morgan fingerprint density at radius 3 is 2.35 bits per heavy atom. The summed E-state index contributed by atoms with van der Waals surface area (Å²) in [6.45, 7) is 18.9. The van der Waals surface area contributed by atoms with Crippen LogP contribution < -0.4 is 5.32 Å². The van der Waals surface area contributed by atoms with Crippen molar-refractivity contribution < 1.29 is 27.5 Å². The number of hydrogen-bond donors (Lipinski definition) is 1. The fourth-order valence-electron chi connectivity index (χ4n) is 12.1. The van der Waals surface area contributed by atoms with Crippen LogP contribution in [0.2, 0.25) is 0 Å². The van der Waals surface area contributed by atoms with E-state index in [-0.39, 0.29) is 56.1 Å². The summed E-state index contributed by atoms with van der Waals surface area (Å²) < 4.78 is 46.3. The highest BCUT2D eigenvalue weighted by molar-refractivity contribution is 7.15. The molecule has 0 bridgehead atoms. The lowest BCUT2D eigenvalue weighted by atomic mass is 9.33. The van der Waals surface area contributed by atoms with Crippen LogP contribution in [-0.4, -0.2) is 23.0 Å². The number of ether oxygens (including phenoxy) is 1. The molecule has 0 aliphatic heterocycles. The van der Waals surface area contributed by atoms with Crippen molar-refractivity contribution in [1.29, 1.82) is 0 Å². The molecule has 5 aliphatic rings. The molecule has 5 unspecified atom stereocenters. The lowest BCUT2D eigenvalue weighted by molar-refractivity contribution is -0.212. The molecule has 1 aromatic rings. The number of carbonyl (C=O) groups excluding carboxylic acids is 2. The predicted octanol–water partition coefficient (Wildman–Crippen LogP) is 11.0. The van der Waals surface area contributed by atoms with Crippen molar-refractivity contribution in [1.82, 2.24) is 4.98 Å². The van der Waals surface area contributed by atoms with Crippen molar-refractivity contribution >= 4 is 28.3 Å². The lowest BCUT2D eigenvalue weighted by Crippen LogP contribution is -2.65. The smallest absolute Gasteiger partial charge is 0.427 e. The molecule has 48 heavy (non-hydrogen) atoms. The van der Waals surface area contributed by atoms with E-state index in [4.69, 9.17) is 4.74 Å². The number of thiazole rings is 1. The van der Waals surface area contributed by atoms with Crippen LogP contribution in [0.4, 0.5) is 18.3 Å². The van der Waals surface area contributed by atoms with Gasteiger partial charge in [-0.15, -0.1) is 0 Å². The van der Waals surface area contributed by atoms with E-state index in [1.165, 1.54) is 5.57 Å². The van der Waals surface area contributed by atoms with Gasteiger partial charge in [0.15, 0.2) is 5.13 Å². The normalized spacial score (nSPS) is 39.9. The number of nitrogens with one attached hydrogen (secondary N) is 1. The summed E-state index contributed by atoms with van der Waals surface area (Å²) in [5, 5.41) is 2.91. The number of nitrogens with zero attached hydrogens (tertiary/aromatic N) is 1. The van der Waals surface area contributed by atoms with Crippen molar-refractivity contribution in [3.63, 3.8) is 0 Å². The van der Waals surface area contributed by atoms with Gasteiger partial charge in [-0.25, -0.2) is 4.98 Å². The molecular weight excluding hydrogens is 634 g/mol. The average molecular weight is 691 g/mol. The van der Waals surface area contributed by atoms with E-state index in [1.807, 2.05) is 0 Å². The largest absolute Gasteiger partial charge is 0.462 e. The van der Waals surface area contributed by atoms with E-state index in [9.17, 15) is 22.8 Å². The van der Waals surface area contributed by atoms with Crippen LogP contribution in [0.3, 0.4) is 0 Å². The maximum atomic E-state index is 14.3. The first-order chi connectivity index (χ1) is 22.2. The molecule has 5 nitrogen and oxygen atoms in total. The molecule has 1 amide bonds. The lowest BCUT2D eigenvalue weighted by Gasteiger charge is -2.71. The van der Waals surface area contributed by atoms with Gasteiger partial charge in [-0.1, -0.05) is 84.8 Å². The van der Waals surface area contributed by atoms with E-state index in [0.717, 1.165) is 83.2 Å². The number of esters is 1. The topological polar surface area (TPSA) is 68.3 Å². The Kier molecular flexibility index (Phi) is 8.85. The highest BCUT2D eigenvalue weighted by Gasteiger charge is 2.69. The highest BCUT2D eigenvalue weighted by Crippen LogP contribution is 2.76. The van der Waals surface area contributed by atoms with Crippen molar-refractivity contribution in [2.24, 2.45) is 50.2 Å². The summed E-state index contributed by atoms with van der Waals surface area (Å²) in [7, 11) is 0. The number of alkyl halides is 3. The van der Waals surface area contributed by atoms with Gasteiger partial charge in [0, 0.05) is 11.8 Å². The second-order valence-electron chi connectivity index (χ2n) is 18.3. The Labute approximate surface area is 289 Å². The van der Waals surface area contributed by atoms with Crippen LogP contribution in [-0.2, 0) is 20.5 Å². The van der Waals surface area contributed by atoms with E-state index >= 15 is 0 Å². The van der Waals surface area contributed by atoms with Gasteiger partial charge in [-0.3, -0.25) is 9.59 Å². The monoisotopic (exact) mass is 690 g/mol. The number of unbranched alkanes of at least 4 members (excludes halogenated alkanes) is 1. The van der Waals surface area contributed by atoms with Crippen LogP contribution in [0.5, 0.6) is 0 Å². The zero-order valence-corrected chi connectivity index (χ0v) is 31.2. The third-order valence-corrected chi connectivity index (χ3v) is 16.0. The van der Waals surface area contributed by atoms with Gasteiger partial charge in [0.25, 0.3) is 0 Å². The molecule has 268 valence electrons. The molecule has 8 atom stereocenters. The summed E-state index contributed by atoms with van der Waals surface area (Å²) in [5.74, 6) is 0.743. The highest BCUT2D eigenvalue weighted by atomic mass is 32.1. The van der Waals surface area contributed by atoms with Gasteiger partial charge in [0.1, 0.15) is 11.0 Å². The van der Waals surface area contributed by atoms with Crippen molar-refractivity contribution in [3.05, 3.63) is 22.7 Å². The number of anilines is 1. The predicted molar refractivity (Wildman–Crippen MR) is 184 cm³/mol. The Balaban J connectivity index is 1.31. The Bertz CT molecular complexity index is 1470. The molecule has 0 radical (unpaired) electrons. The molecule has 1 heterocycles. The maximum Gasteiger partial charge on any atom is 0.427 e. The summed E-state index contributed by atoms with van der Waals surface area (Å²) in [5.41, 5.74) is 0.787. The minimum Gasteiger partial charge on any atom is -0.462 e. The number of aromatic nitrogens is 1. The quantitative estimate of drug-likeness (QED) is 0.238. The number of fused-ring (bicyclic) bond motifs is 7. The standard InChI is InChI=1S/C39H57F3N2O3S/c1-9-10-11-30(45)47-28-15-16-35(6)26(34(28,4)5)14-17-37(8)27(35)13-12-24-25-22-33(2,3)18-20-38(25,21-19-36(24,37)7)31(46)44-32-43-23-29(48-32)39(40,41)42/h12,23,25-28H,9-11,13-22H2,1-8H3,(H,43,44,46)/t25?,26?,27?,28?,35-,36+,37+,38?/m0/s1. The van der Waals surface area contributed by atoms with E-state index in [0.29, 0.717) is 29.6 Å². The third kappa shape index (κ3) is 5.49. The van der Waals surface area contributed by atoms with Crippen LogP contribution in [0, 0.1) is 50.2 Å². The van der Waals surface area contributed by atoms with Gasteiger partial charge >= 0.3 is 12.1 Å². The number of hydrogen-bond acceptors (Lipinski definition) is 5. The zero-order chi connectivity index (χ0) is 35.1. The Morgan fingerprint density at radius 2 is 1.69 bits per heavy atom. The molecule has 1 aromatic heterocycles. The molecule has 9 heteroatoms. The molecule has 4 saturated carbocycles. The number of amides is 1. The molecular formula is C39H57F3N2O3S. The maximum absolute atomic E-state index is 14.3. The van der Waals surface area contributed by atoms with Gasteiger partial charge in [-0.2, -0.15) is 13.2 Å². The van der Waals surface area contributed by atoms with Crippen molar-refractivity contribution in [2.75, 3.05) is 5.32 Å². The Hall–Kier alpha value is -1.90. The Morgan fingerprint density at radius 1 is 0.979 bits per heavy atom. The number of carbonyl (C=O) groups is 2. The van der Waals surface area contributed by atoms with E-state index in [1.54, 1.807) is 0 Å². The summed E-state index contributed by atoms with van der Waals surface area (Å²) in [6.07, 6.45) is 10.4. The van der Waals surface area contributed by atoms with Gasteiger partial charge in [0.2, 0.25) is 5.91 Å². The second-order valence-corrected chi connectivity index (χ2v) is 19.3. The number of rotatable bonds is 6. The summed E-state index contributed by atoms with van der Waals surface area (Å²) >= 11 is 0.510. The molecule has 1 N–H and O–H groups in total. The molecule has 4 fully saturated rings. The first-order valence-corrected chi connectivity index (χ1v) is 19.3. The first kappa shape index (κ1) is 35.9. The van der Waals surface area contributed by atoms with Crippen LogP contribution in [0.25, 0.3) is 0 Å². The van der Waals surface area contributed by atoms with Crippen LogP contribution >= 0.6 is 11.3 Å². The van der Waals surface area contributed by atoms with Gasteiger partial charge < -0.3 is 10.1 Å². The summed E-state index contributed by atoms with van der Waals surface area (Å²) in [4.78, 5) is 30.2. The number of halogens is 3. The molecule has 0 aromatic carbocycles. The van der Waals surface area contributed by atoms with E-state index < -0.39 is 16.5 Å². The minimum atomic E-state index is -4.48. The van der Waals surface area contributed by atoms with Crippen molar-refractivity contribution in [3.8, 4) is 0 Å². The molecule has 0 spiro atoms. The zero-order valence-electron chi connectivity index (χ0n) is 30.4.